The van der Waals surface area contributed by atoms with Crippen molar-refractivity contribution >= 4 is 11.6 Å². The first-order valence-electron chi connectivity index (χ1n) is 6.91. The Morgan fingerprint density at radius 1 is 1.22 bits per heavy atom. The first-order chi connectivity index (χ1) is 8.75. The van der Waals surface area contributed by atoms with Crippen molar-refractivity contribution < 1.29 is 4.79 Å². The fourth-order valence-corrected chi connectivity index (χ4v) is 2.87. The summed E-state index contributed by atoms with van der Waals surface area (Å²) in [5, 5.41) is 0. The predicted octanol–water partition coefficient (Wildman–Crippen LogP) is 2.73. The number of nitrogens with zero attached hydrogens (tertiary/aromatic N) is 1. The van der Waals surface area contributed by atoms with Gasteiger partial charge in [-0.3, -0.25) is 4.79 Å². The van der Waals surface area contributed by atoms with E-state index in [4.69, 9.17) is 5.73 Å². The molecule has 3 heteroatoms. The number of hydrogen-bond donors (Lipinski definition) is 1. The number of nitrogen functional groups attached to an aromatic ring is 1. The van der Waals surface area contributed by atoms with Crippen molar-refractivity contribution in [1.82, 2.24) is 4.90 Å². The summed E-state index contributed by atoms with van der Waals surface area (Å²) in [6.07, 6.45) is 5.57. The van der Waals surface area contributed by atoms with Gasteiger partial charge in [-0.25, -0.2) is 0 Å². The van der Waals surface area contributed by atoms with E-state index in [0.717, 1.165) is 37.9 Å². The molecule has 18 heavy (non-hydrogen) atoms. The largest absolute Gasteiger partial charge is 0.399 e. The Bertz CT molecular complexity index is 454. The van der Waals surface area contributed by atoms with Crippen LogP contribution in [0.2, 0.25) is 0 Å². The molecule has 1 amide bonds. The second-order valence-electron chi connectivity index (χ2n) is 5.49. The molecule has 0 spiro atoms. The number of likely N-dealkylation sites (tertiary alicyclic amines) is 1. The summed E-state index contributed by atoms with van der Waals surface area (Å²) in [5.41, 5.74) is 7.84. The van der Waals surface area contributed by atoms with Crippen molar-refractivity contribution in [2.24, 2.45) is 5.92 Å². The Labute approximate surface area is 108 Å². The Balaban J connectivity index is 1.84. The number of amides is 1. The lowest BCUT2D eigenvalue weighted by Gasteiger charge is -2.36. The van der Waals surface area contributed by atoms with E-state index in [1.807, 2.05) is 18.2 Å². The highest BCUT2D eigenvalue weighted by Gasteiger charge is 2.37. The SMILES string of the molecule is Nc1cccc(C2CCCCN2C(=O)C2CC2)c1. The average Bonchev–Trinajstić information content (AvgIpc) is 3.22. The van der Waals surface area contributed by atoms with Crippen molar-refractivity contribution in [3.05, 3.63) is 29.8 Å². The van der Waals surface area contributed by atoms with E-state index in [2.05, 4.69) is 11.0 Å². The first-order valence-corrected chi connectivity index (χ1v) is 6.91. The van der Waals surface area contributed by atoms with Gasteiger partial charge in [0.25, 0.3) is 0 Å². The Hall–Kier alpha value is -1.51. The molecule has 1 aliphatic carbocycles. The third kappa shape index (κ3) is 2.22. The number of piperidine rings is 1. The maximum absolute atomic E-state index is 12.3. The smallest absolute Gasteiger partial charge is 0.226 e. The van der Waals surface area contributed by atoms with Crippen molar-refractivity contribution in [2.45, 2.75) is 38.1 Å². The van der Waals surface area contributed by atoms with E-state index >= 15 is 0 Å². The molecule has 3 rings (SSSR count). The second-order valence-corrected chi connectivity index (χ2v) is 5.49. The molecule has 1 atom stereocenters. The number of carbonyl (C=O) groups excluding carboxylic acids is 1. The average molecular weight is 244 g/mol. The van der Waals surface area contributed by atoms with Gasteiger partial charge in [-0.15, -0.1) is 0 Å². The van der Waals surface area contributed by atoms with Crippen molar-refractivity contribution in [3.8, 4) is 0 Å². The number of rotatable bonds is 2. The van der Waals surface area contributed by atoms with Crippen LogP contribution in [0.4, 0.5) is 5.69 Å². The fraction of sp³-hybridized carbons (Fsp3) is 0.533. The molecule has 2 fully saturated rings. The van der Waals surface area contributed by atoms with Crippen LogP contribution < -0.4 is 5.73 Å². The van der Waals surface area contributed by atoms with Crippen LogP contribution in [0.25, 0.3) is 0 Å². The van der Waals surface area contributed by atoms with Crippen LogP contribution >= 0.6 is 0 Å². The Morgan fingerprint density at radius 3 is 2.78 bits per heavy atom. The lowest BCUT2D eigenvalue weighted by Crippen LogP contribution is -2.39. The zero-order valence-corrected chi connectivity index (χ0v) is 10.6. The molecule has 1 aromatic rings. The van der Waals surface area contributed by atoms with Gasteiger partial charge in [-0.2, -0.15) is 0 Å². The number of benzene rings is 1. The molecule has 2 N–H and O–H groups in total. The molecule has 96 valence electrons. The Morgan fingerprint density at radius 2 is 2.06 bits per heavy atom. The van der Waals surface area contributed by atoms with Crippen LogP contribution in [0.15, 0.2) is 24.3 Å². The molecule has 2 aliphatic rings. The van der Waals surface area contributed by atoms with Crippen molar-refractivity contribution in [3.63, 3.8) is 0 Å². The van der Waals surface area contributed by atoms with Crippen LogP contribution in [-0.4, -0.2) is 17.4 Å². The third-order valence-corrected chi connectivity index (χ3v) is 4.01. The minimum atomic E-state index is 0.246. The molecule has 1 saturated heterocycles. The van der Waals surface area contributed by atoms with Gasteiger partial charge in [0.05, 0.1) is 6.04 Å². The highest BCUT2D eigenvalue weighted by atomic mass is 16.2. The van der Waals surface area contributed by atoms with Gasteiger partial charge < -0.3 is 10.6 Å². The highest BCUT2D eigenvalue weighted by molar-refractivity contribution is 5.81. The molecule has 1 heterocycles. The first kappa shape index (κ1) is 11.6. The van der Waals surface area contributed by atoms with E-state index in [1.54, 1.807) is 0 Å². The highest BCUT2D eigenvalue weighted by Crippen LogP contribution is 2.38. The topological polar surface area (TPSA) is 46.3 Å². The monoisotopic (exact) mass is 244 g/mol. The minimum absolute atomic E-state index is 0.246. The van der Waals surface area contributed by atoms with Gasteiger partial charge in [0.1, 0.15) is 0 Å². The number of carbonyl (C=O) groups is 1. The molecule has 1 unspecified atom stereocenters. The van der Waals surface area contributed by atoms with E-state index in [1.165, 1.54) is 12.0 Å². The molecular weight excluding hydrogens is 224 g/mol. The normalized spacial score (nSPS) is 24.0. The summed E-state index contributed by atoms with van der Waals surface area (Å²) in [5.74, 6) is 0.675. The molecule has 1 aliphatic heterocycles. The van der Waals surface area contributed by atoms with Crippen LogP contribution in [0, 0.1) is 5.92 Å². The summed E-state index contributed by atoms with van der Waals surface area (Å²) in [6, 6.07) is 8.25. The molecule has 1 aromatic carbocycles. The van der Waals surface area contributed by atoms with Crippen LogP contribution in [0.5, 0.6) is 0 Å². The van der Waals surface area contributed by atoms with E-state index in [0.29, 0.717) is 11.8 Å². The second kappa shape index (κ2) is 4.63. The van der Waals surface area contributed by atoms with Gasteiger partial charge in [0.2, 0.25) is 5.91 Å². The predicted molar refractivity (Wildman–Crippen MR) is 71.9 cm³/mol. The summed E-state index contributed by atoms with van der Waals surface area (Å²) in [6.45, 7) is 0.912. The third-order valence-electron chi connectivity index (χ3n) is 4.01. The fourth-order valence-electron chi connectivity index (χ4n) is 2.87. The lowest BCUT2D eigenvalue weighted by atomic mass is 9.94. The summed E-state index contributed by atoms with van der Waals surface area (Å²) in [4.78, 5) is 14.4. The van der Waals surface area contributed by atoms with Gasteiger partial charge in [-0.05, 0) is 49.8 Å². The van der Waals surface area contributed by atoms with Crippen LogP contribution in [0.3, 0.4) is 0 Å². The van der Waals surface area contributed by atoms with E-state index in [-0.39, 0.29) is 6.04 Å². The number of hydrogen-bond acceptors (Lipinski definition) is 2. The number of anilines is 1. The standard InChI is InChI=1S/C15H20N2O/c16-13-5-3-4-12(10-13)14-6-1-2-9-17(14)15(18)11-7-8-11/h3-5,10-11,14H,1-2,6-9,16H2. The molecule has 0 aromatic heterocycles. The van der Waals surface area contributed by atoms with E-state index in [9.17, 15) is 4.79 Å². The lowest BCUT2D eigenvalue weighted by molar-refractivity contribution is -0.136. The summed E-state index contributed by atoms with van der Waals surface area (Å²) in [7, 11) is 0. The van der Waals surface area contributed by atoms with Gasteiger partial charge in [-0.1, -0.05) is 12.1 Å². The summed E-state index contributed by atoms with van der Waals surface area (Å²) >= 11 is 0. The van der Waals surface area contributed by atoms with Crippen molar-refractivity contribution in [2.75, 3.05) is 12.3 Å². The van der Waals surface area contributed by atoms with Gasteiger partial charge in [0, 0.05) is 18.2 Å². The molecule has 0 radical (unpaired) electrons. The van der Waals surface area contributed by atoms with Gasteiger partial charge in [0.15, 0.2) is 0 Å². The van der Waals surface area contributed by atoms with Crippen molar-refractivity contribution in [1.29, 1.82) is 0 Å². The molecular formula is C15H20N2O. The van der Waals surface area contributed by atoms with Gasteiger partial charge >= 0.3 is 0 Å². The molecule has 0 bridgehead atoms. The Kier molecular flexibility index (Phi) is 2.98. The zero-order valence-electron chi connectivity index (χ0n) is 10.6. The van der Waals surface area contributed by atoms with Crippen LogP contribution in [-0.2, 0) is 4.79 Å². The van der Waals surface area contributed by atoms with Crippen LogP contribution in [0.1, 0.15) is 43.7 Å². The minimum Gasteiger partial charge on any atom is -0.399 e. The molecule has 1 saturated carbocycles. The van der Waals surface area contributed by atoms with E-state index < -0.39 is 0 Å². The zero-order chi connectivity index (χ0) is 12.5. The quantitative estimate of drug-likeness (QED) is 0.813. The number of nitrogens with two attached hydrogens (primary N) is 1. The summed E-state index contributed by atoms with van der Waals surface area (Å²) < 4.78 is 0. The maximum atomic E-state index is 12.3. The molecule has 3 nitrogen and oxygen atoms in total. The maximum Gasteiger partial charge on any atom is 0.226 e.